The Balaban J connectivity index is 1.32. The molecule has 0 aliphatic heterocycles. The molecule has 1 aromatic carbocycles. The Morgan fingerprint density at radius 3 is 2.90 bits per heavy atom. The summed E-state index contributed by atoms with van der Waals surface area (Å²) in [5.41, 5.74) is 2.30. The Morgan fingerprint density at radius 1 is 1.35 bits per heavy atom. The van der Waals surface area contributed by atoms with Crippen molar-refractivity contribution in [2.24, 2.45) is 28.6 Å². The molecule has 8 heteroatoms. The van der Waals surface area contributed by atoms with Gasteiger partial charge in [-0.2, -0.15) is 5.10 Å². The zero-order valence-electron chi connectivity index (χ0n) is 23.6. The molecule has 0 bridgehead atoms. The molecular weight excluding hydrogens is 509 g/mol. The van der Waals surface area contributed by atoms with Crippen LogP contribution in [0.1, 0.15) is 62.8 Å². The fraction of sp³-hybridized carbons (Fsp3) is 0.562. The van der Waals surface area contributed by atoms with Gasteiger partial charge in [-0.1, -0.05) is 25.5 Å². The third kappa shape index (κ3) is 3.79. The summed E-state index contributed by atoms with van der Waals surface area (Å²) >= 11 is 0. The van der Waals surface area contributed by atoms with Crippen molar-refractivity contribution >= 4 is 12.0 Å². The molecule has 2 aromatic rings. The van der Waals surface area contributed by atoms with E-state index in [-0.39, 0.29) is 41.5 Å². The number of halogens is 1. The van der Waals surface area contributed by atoms with Gasteiger partial charge in [0, 0.05) is 18.0 Å². The first kappa shape index (κ1) is 27.4. The Morgan fingerprint density at radius 2 is 2.15 bits per heavy atom. The van der Waals surface area contributed by atoms with Crippen molar-refractivity contribution in [3.8, 4) is 5.69 Å². The fourth-order valence-electron chi connectivity index (χ4n) is 9.03. The first-order valence-electron chi connectivity index (χ1n) is 14.5. The number of carbonyl (C=O) groups is 1. The van der Waals surface area contributed by atoms with Gasteiger partial charge in [-0.25, -0.2) is 9.07 Å². The summed E-state index contributed by atoms with van der Waals surface area (Å²) in [6.45, 7) is 8.43. The summed E-state index contributed by atoms with van der Waals surface area (Å²) in [5, 5.41) is 30.7. The number of aliphatic hydroxyl groups excluding tert-OH is 1. The lowest BCUT2D eigenvalue weighted by Crippen LogP contribution is -2.63. The number of aliphatic hydroxyl groups is 2. The topological polar surface area (TPSA) is 96.6 Å². The van der Waals surface area contributed by atoms with Crippen molar-refractivity contribution < 1.29 is 24.1 Å². The summed E-state index contributed by atoms with van der Waals surface area (Å²) < 4.78 is 21.8. The van der Waals surface area contributed by atoms with Gasteiger partial charge in [-0.15, -0.1) is 6.58 Å². The molecule has 6 rings (SSSR count). The third-order valence-corrected chi connectivity index (χ3v) is 10.9. The van der Waals surface area contributed by atoms with Crippen LogP contribution in [0.4, 0.5) is 4.39 Å². The number of rotatable bonds is 6. The van der Waals surface area contributed by atoms with Crippen LogP contribution in [-0.2, 0) is 22.6 Å². The number of likely N-dealkylation sites (N-methyl/N-ethyl adjacent to an activating group) is 1. The molecule has 0 unspecified atom stereocenters. The average molecular weight is 550 g/mol. The predicted molar refractivity (Wildman–Crippen MR) is 150 cm³/mol. The van der Waals surface area contributed by atoms with Gasteiger partial charge in [0.05, 0.1) is 36.9 Å². The molecule has 0 radical (unpaired) electrons. The SMILES string of the molecule is C=CCOCc1cc(-n2ncc3c2C=C2CC[C@@H]4[C@H]([C@@H](O)C[C@@]5(C)[C@H]4CC[C@]5(O)C(=O)NC)[C@@]2(C)C3)ccc1F. The Labute approximate surface area is 235 Å². The molecule has 3 N–H and O–H groups in total. The number of allylic oxidation sites excluding steroid dienone is 1. The second-order valence-corrected chi connectivity index (χ2v) is 12.8. The van der Waals surface area contributed by atoms with Crippen molar-refractivity contribution in [1.29, 1.82) is 0 Å². The number of hydrogen-bond donors (Lipinski definition) is 3. The molecule has 7 atom stereocenters. The largest absolute Gasteiger partial charge is 0.393 e. The van der Waals surface area contributed by atoms with E-state index in [1.807, 2.05) is 17.8 Å². The molecule has 3 saturated carbocycles. The van der Waals surface area contributed by atoms with Gasteiger partial charge in [0.15, 0.2) is 0 Å². The van der Waals surface area contributed by atoms with Gasteiger partial charge in [0.25, 0.3) is 5.91 Å². The number of fused-ring (bicyclic) bond motifs is 6. The number of ether oxygens (including phenoxy) is 1. The fourth-order valence-corrected chi connectivity index (χ4v) is 9.03. The van der Waals surface area contributed by atoms with Gasteiger partial charge in [0.2, 0.25) is 0 Å². The molecular formula is C32H40FN3O4. The molecule has 214 valence electrons. The van der Waals surface area contributed by atoms with E-state index >= 15 is 0 Å². The molecule has 0 saturated heterocycles. The smallest absolute Gasteiger partial charge is 0.252 e. The van der Waals surface area contributed by atoms with E-state index in [0.717, 1.165) is 42.6 Å². The number of nitrogens with one attached hydrogen (secondary N) is 1. The number of benzene rings is 1. The van der Waals surface area contributed by atoms with Crippen LogP contribution in [0.5, 0.6) is 0 Å². The Bertz CT molecular complexity index is 1390. The molecule has 1 aromatic heterocycles. The normalized spacial score (nSPS) is 36.1. The summed E-state index contributed by atoms with van der Waals surface area (Å²) in [6.07, 6.45) is 9.33. The Hall–Kier alpha value is -2.81. The van der Waals surface area contributed by atoms with Gasteiger partial charge >= 0.3 is 0 Å². The minimum atomic E-state index is -1.46. The first-order chi connectivity index (χ1) is 19.1. The van der Waals surface area contributed by atoms with Crippen molar-refractivity contribution in [1.82, 2.24) is 15.1 Å². The van der Waals surface area contributed by atoms with E-state index < -0.39 is 17.1 Å². The van der Waals surface area contributed by atoms with E-state index in [2.05, 4.69) is 24.9 Å². The summed E-state index contributed by atoms with van der Waals surface area (Å²) in [7, 11) is 1.57. The van der Waals surface area contributed by atoms with Gasteiger partial charge in [-0.3, -0.25) is 4.79 Å². The van der Waals surface area contributed by atoms with Gasteiger partial charge in [0.1, 0.15) is 11.4 Å². The summed E-state index contributed by atoms with van der Waals surface area (Å²) in [4.78, 5) is 12.8. The van der Waals surface area contributed by atoms with Crippen molar-refractivity contribution in [3.05, 3.63) is 65.3 Å². The lowest BCUT2D eigenvalue weighted by atomic mass is 9.45. The molecule has 7 nitrogen and oxygen atoms in total. The van der Waals surface area contributed by atoms with Crippen LogP contribution in [0.25, 0.3) is 11.8 Å². The zero-order valence-corrected chi connectivity index (χ0v) is 23.6. The van der Waals surface area contributed by atoms with E-state index in [0.29, 0.717) is 25.0 Å². The maximum absolute atomic E-state index is 14.5. The molecule has 1 amide bonds. The van der Waals surface area contributed by atoms with Crippen LogP contribution in [-0.4, -0.2) is 51.3 Å². The zero-order chi connectivity index (χ0) is 28.4. The van der Waals surface area contributed by atoms with Crippen molar-refractivity contribution in [3.63, 3.8) is 0 Å². The second-order valence-electron chi connectivity index (χ2n) is 12.8. The van der Waals surface area contributed by atoms with Crippen LogP contribution in [0, 0.1) is 34.4 Å². The molecule has 3 fully saturated rings. The second kappa shape index (κ2) is 9.64. The maximum atomic E-state index is 14.5. The maximum Gasteiger partial charge on any atom is 0.252 e. The lowest BCUT2D eigenvalue weighted by molar-refractivity contribution is -0.180. The molecule has 0 spiro atoms. The molecule has 4 aliphatic rings. The minimum Gasteiger partial charge on any atom is -0.393 e. The van der Waals surface area contributed by atoms with Crippen LogP contribution >= 0.6 is 0 Å². The number of carbonyl (C=O) groups excluding carboxylic acids is 1. The number of aromatic nitrogens is 2. The number of nitrogens with zero attached hydrogens (tertiary/aromatic N) is 2. The highest BCUT2D eigenvalue weighted by Crippen LogP contribution is 2.67. The number of hydrogen-bond acceptors (Lipinski definition) is 5. The standard InChI is InChI=1S/C32H40FN3O4/c1-5-12-40-18-19-13-22(7-9-25(19)33)36-26-14-21-6-8-23-24-10-11-32(39,29(38)34-4)31(24,3)16-27(37)28(23)30(21,2)15-20(26)17-35-36/h5,7,9,13-14,17,23-24,27-28,37,39H,1,6,8,10-12,15-16,18H2,2-4H3,(H,34,38)/t23-,24-,27-,28+,30-,31-,32-/m0/s1. The monoisotopic (exact) mass is 549 g/mol. The van der Waals surface area contributed by atoms with Crippen molar-refractivity contribution in [2.75, 3.05) is 13.7 Å². The molecule has 1 heterocycles. The number of amides is 1. The molecule has 4 aliphatic carbocycles. The predicted octanol–water partition coefficient (Wildman–Crippen LogP) is 4.34. The lowest BCUT2D eigenvalue weighted by Gasteiger charge is -2.60. The van der Waals surface area contributed by atoms with E-state index in [4.69, 9.17) is 9.84 Å². The van der Waals surface area contributed by atoms with Crippen LogP contribution < -0.4 is 5.32 Å². The van der Waals surface area contributed by atoms with Crippen LogP contribution in [0.3, 0.4) is 0 Å². The van der Waals surface area contributed by atoms with Crippen LogP contribution in [0.15, 0.2) is 42.6 Å². The Kier molecular flexibility index (Phi) is 6.59. The summed E-state index contributed by atoms with van der Waals surface area (Å²) in [5.74, 6) is -0.218. The van der Waals surface area contributed by atoms with Crippen LogP contribution in [0.2, 0.25) is 0 Å². The third-order valence-electron chi connectivity index (χ3n) is 10.9. The minimum absolute atomic E-state index is 0.0357. The molecule has 40 heavy (non-hydrogen) atoms. The summed E-state index contributed by atoms with van der Waals surface area (Å²) in [6, 6.07) is 4.98. The van der Waals surface area contributed by atoms with Gasteiger partial charge < -0.3 is 20.3 Å². The van der Waals surface area contributed by atoms with Gasteiger partial charge in [-0.05, 0) is 91.5 Å². The highest BCUT2D eigenvalue weighted by Gasteiger charge is 2.68. The van der Waals surface area contributed by atoms with E-state index in [1.54, 1.807) is 25.3 Å². The first-order valence-corrected chi connectivity index (χ1v) is 14.5. The highest BCUT2D eigenvalue weighted by atomic mass is 19.1. The van der Waals surface area contributed by atoms with E-state index in [1.165, 1.54) is 11.6 Å². The highest BCUT2D eigenvalue weighted by molar-refractivity contribution is 5.86. The van der Waals surface area contributed by atoms with E-state index in [9.17, 15) is 19.4 Å². The quantitative estimate of drug-likeness (QED) is 0.368. The average Bonchev–Trinajstić information content (AvgIpc) is 3.45. The van der Waals surface area contributed by atoms with Crippen molar-refractivity contribution in [2.45, 2.75) is 70.7 Å².